The zero-order chi connectivity index (χ0) is 20.2. The standard InChI is InChI=1S/C20H25ClFN3O2/c1-20(2,3)25-19(27)14-5-4-8-24-17(14)11-18(26)16(23)9-12-6-7-13(21)10-15(12)22/h4-8,10,16,18,26H,9,11,23H2,1-3H3,(H,25,27)/t16-,18+/m1/s1. The Morgan fingerprint density at radius 1 is 1.33 bits per heavy atom. The van der Waals surface area contributed by atoms with Gasteiger partial charge in [-0.1, -0.05) is 17.7 Å². The summed E-state index contributed by atoms with van der Waals surface area (Å²) in [5.41, 5.74) is 6.86. The average molecular weight is 394 g/mol. The highest BCUT2D eigenvalue weighted by atomic mass is 35.5. The van der Waals surface area contributed by atoms with Crippen molar-refractivity contribution < 1.29 is 14.3 Å². The summed E-state index contributed by atoms with van der Waals surface area (Å²) < 4.78 is 13.9. The van der Waals surface area contributed by atoms with Gasteiger partial charge in [0.15, 0.2) is 0 Å². The maximum Gasteiger partial charge on any atom is 0.253 e. The van der Waals surface area contributed by atoms with Gasteiger partial charge in [0.2, 0.25) is 0 Å². The van der Waals surface area contributed by atoms with E-state index in [9.17, 15) is 14.3 Å². The number of pyridine rings is 1. The van der Waals surface area contributed by atoms with Gasteiger partial charge in [-0.25, -0.2) is 4.39 Å². The number of benzene rings is 1. The van der Waals surface area contributed by atoms with Crippen molar-refractivity contribution in [2.45, 2.75) is 51.3 Å². The van der Waals surface area contributed by atoms with Crippen molar-refractivity contribution >= 4 is 17.5 Å². The van der Waals surface area contributed by atoms with Gasteiger partial charge >= 0.3 is 0 Å². The van der Waals surface area contributed by atoms with Crippen LogP contribution in [0.2, 0.25) is 5.02 Å². The van der Waals surface area contributed by atoms with Crippen LogP contribution in [0.4, 0.5) is 4.39 Å². The molecule has 1 aromatic carbocycles. The minimum absolute atomic E-state index is 0.0874. The van der Waals surface area contributed by atoms with Gasteiger partial charge in [-0.15, -0.1) is 0 Å². The van der Waals surface area contributed by atoms with E-state index in [1.54, 1.807) is 30.5 Å². The van der Waals surface area contributed by atoms with E-state index in [2.05, 4.69) is 10.3 Å². The molecule has 2 rings (SSSR count). The van der Waals surface area contributed by atoms with Crippen molar-refractivity contribution in [3.63, 3.8) is 0 Å². The second-order valence-corrected chi connectivity index (χ2v) is 8.01. The lowest BCUT2D eigenvalue weighted by Gasteiger charge is -2.23. The molecule has 0 saturated carbocycles. The summed E-state index contributed by atoms with van der Waals surface area (Å²) in [5.74, 6) is -0.733. The second-order valence-electron chi connectivity index (χ2n) is 7.58. The molecule has 0 aliphatic carbocycles. The van der Waals surface area contributed by atoms with Crippen LogP contribution in [-0.2, 0) is 12.8 Å². The highest BCUT2D eigenvalue weighted by Crippen LogP contribution is 2.18. The predicted octanol–water partition coefficient (Wildman–Crippen LogP) is 2.88. The maximum absolute atomic E-state index is 13.9. The smallest absolute Gasteiger partial charge is 0.253 e. The second kappa shape index (κ2) is 8.78. The quantitative estimate of drug-likeness (QED) is 0.704. The largest absolute Gasteiger partial charge is 0.391 e. The molecule has 0 bridgehead atoms. The van der Waals surface area contributed by atoms with E-state index in [1.807, 2.05) is 20.8 Å². The van der Waals surface area contributed by atoms with Crippen LogP contribution in [0, 0.1) is 5.82 Å². The molecule has 1 amide bonds. The zero-order valence-corrected chi connectivity index (χ0v) is 16.4. The molecule has 2 atom stereocenters. The number of carbonyl (C=O) groups excluding carboxylic acids is 1. The highest BCUT2D eigenvalue weighted by Gasteiger charge is 2.23. The molecule has 0 radical (unpaired) electrons. The van der Waals surface area contributed by atoms with Gasteiger partial charge < -0.3 is 16.2 Å². The SMILES string of the molecule is CC(C)(C)NC(=O)c1cccnc1C[C@H](O)[C@H](N)Cc1ccc(Cl)cc1F. The predicted molar refractivity (Wildman–Crippen MR) is 104 cm³/mol. The molecule has 1 heterocycles. The first-order valence-corrected chi connectivity index (χ1v) is 9.08. The third kappa shape index (κ3) is 6.27. The van der Waals surface area contributed by atoms with Gasteiger partial charge in [0.25, 0.3) is 5.91 Å². The van der Waals surface area contributed by atoms with Crippen molar-refractivity contribution in [1.82, 2.24) is 10.3 Å². The van der Waals surface area contributed by atoms with Gasteiger partial charge in [-0.05, 0) is 57.0 Å². The fourth-order valence-corrected chi connectivity index (χ4v) is 2.80. The van der Waals surface area contributed by atoms with Crippen LogP contribution in [0.15, 0.2) is 36.5 Å². The molecule has 0 aliphatic rings. The zero-order valence-electron chi connectivity index (χ0n) is 15.7. The number of halogens is 2. The molecule has 27 heavy (non-hydrogen) atoms. The molecule has 4 N–H and O–H groups in total. The number of carbonyl (C=O) groups is 1. The van der Waals surface area contributed by atoms with E-state index < -0.39 is 23.5 Å². The summed E-state index contributed by atoms with van der Waals surface area (Å²) in [6.45, 7) is 5.64. The van der Waals surface area contributed by atoms with Crippen LogP contribution in [0.1, 0.15) is 42.4 Å². The molecule has 0 fully saturated rings. The molecule has 5 nitrogen and oxygen atoms in total. The Kier molecular flexibility index (Phi) is 6.92. The van der Waals surface area contributed by atoms with Crippen molar-refractivity contribution in [3.8, 4) is 0 Å². The average Bonchev–Trinajstić information content (AvgIpc) is 2.56. The molecule has 1 aromatic heterocycles. The Balaban J connectivity index is 2.11. The molecule has 0 aliphatic heterocycles. The Morgan fingerprint density at radius 2 is 2.04 bits per heavy atom. The summed E-state index contributed by atoms with van der Waals surface area (Å²) in [6.07, 6.45) is 0.793. The van der Waals surface area contributed by atoms with Crippen molar-refractivity contribution in [2.24, 2.45) is 5.73 Å². The third-order valence-electron chi connectivity index (χ3n) is 3.99. The first-order chi connectivity index (χ1) is 12.6. The Hall–Kier alpha value is -2.02. The number of aromatic nitrogens is 1. The maximum atomic E-state index is 13.9. The van der Waals surface area contributed by atoms with E-state index in [-0.39, 0.29) is 18.7 Å². The van der Waals surface area contributed by atoms with Gasteiger partial charge in [0.1, 0.15) is 5.82 Å². The molecule has 146 valence electrons. The fraction of sp³-hybridized carbons (Fsp3) is 0.400. The van der Waals surface area contributed by atoms with Gasteiger partial charge in [0, 0.05) is 29.2 Å². The van der Waals surface area contributed by atoms with Crippen molar-refractivity contribution in [3.05, 3.63) is 64.2 Å². The first kappa shape index (κ1) is 21.3. The monoisotopic (exact) mass is 393 g/mol. The number of hydrogen-bond acceptors (Lipinski definition) is 4. The van der Waals surface area contributed by atoms with E-state index in [0.717, 1.165) is 0 Å². The number of nitrogens with zero attached hydrogens (tertiary/aromatic N) is 1. The minimum atomic E-state index is -0.990. The Labute approximate surface area is 163 Å². The van der Waals surface area contributed by atoms with E-state index >= 15 is 0 Å². The van der Waals surface area contributed by atoms with Gasteiger partial charge in [-0.2, -0.15) is 0 Å². The van der Waals surface area contributed by atoms with Crippen molar-refractivity contribution in [1.29, 1.82) is 0 Å². The van der Waals surface area contributed by atoms with Crippen LogP contribution < -0.4 is 11.1 Å². The molecule has 7 heteroatoms. The first-order valence-electron chi connectivity index (χ1n) is 8.71. The number of nitrogens with two attached hydrogens (primary N) is 1. The Morgan fingerprint density at radius 3 is 2.67 bits per heavy atom. The highest BCUT2D eigenvalue weighted by molar-refractivity contribution is 6.30. The summed E-state index contributed by atoms with van der Waals surface area (Å²) in [4.78, 5) is 16.7. The molecule has 0 spiro atoms. The van der Waals surface area contributed by atoms with Crippen LogP contribution in [0.25, 0.3) is 0 Å². The topological polar surface area (TPSA) is 88.2 Å². The van der Waals surface area contributed by atoms with Crippen LogP contribution in [0.3, 0.4) is 0 Å². The third-order valence-corrected chi connectivity index (χ3v) is 4.23. The summed E-state index contributed by atoms with van der Waals surface area (Å²) in [7, 11) is 0. The van der Waals surface area contributed by atoms with Crippen LogP contribution in [0.5, 0.6) is 0 Å². The summed E-state index contributed by atoms with van der Waals surface area (Å²) >= 11 is 5.75. The van der Waals surface area contributed by atoms with Gasteiger partial charge in [0.05, 0.1) is 17.4 Å². The number of rotatable bonds is 6. The molecular weight excluding hydrogens is 369 g/mol. The summed E-state index contributed by atoms with van der Waals surface area (Å²) in [6, 6.07) is 6.93. The van der Waals surface area contributed by atoms with E-state index in [4.69, 9.17) is 17.3 Å². The van der Waals surface area contributed by atoms with E-state index in [0.29, 0.717) is 21.8 Å². The lowest BCUT2D eigenvalue weighted by atomic mass is 9.96. The number of hydrogen-bond donors (Lipinski definition) is 3. The van der Waals surface area contributed by atoms with Crippen molar-refractivity contribution in [2.75, 3.05) is 0 Å². The van der Waals surface area contributed by atoms with Crippen LogP contribution >= 0.6 is 11.6 Å². The normalized spacial score (nSPS) is 13.9. The number of nitrogens with one attached hydrogen (secondary N) is 1. The van der Waals surface area contributed by atoms with Crippen LogP contribution in [-0.4, -0.2) is 33.7 Å². The van der Waals surface area contributed by atoms with E-state index in [1.165, 1.54) is 6.07 Å². The minimum Gasteiger partial charge on any atom is -0.391 e. The molecule has 2 aromatic rings. The van der Waals surface area contributed by atoms with Gasteiger partial charge in [-0.3, -0.25) is 9.78 Å². The number of aliphatic hydroxyl groups excluding tert-OH is 1. The lowest BCUT2D eigenvalue weighted by molar-refractivity contribution is 0.0916. The lowest BCUT2D eigenvalue weighted by Crippen LogP contribution is -2.42. The fourth-order valence-electron chi connectivity index (χ4n) is 2.64. The molecule has 0 saturated heterocycles. The number of aliphatic hydroxyl groups is 1. The number of amides is 1. The molecular formula is C20H25ClFN3O2. The summed E-state index contributed by atoms with van der Waals surface area (Å²) in [5, 5.41) is 13.6. The Bertz CT molecular complexity index is 808. The molecule has 0 unspecified atom stereocenters.